The number of ketones is 1. The molecule has 1 N–H and O–H groups in total. The van der Waals surface area contributed by atoms with Crippen molar-refractivity contribution in [2.75, 3.05) is 0 Å². The second-order valence-electron chi connectivity index (χ2n) is 17.4. The fourth-order valence-corrected chi connectivity index (χ4v) is 9.58. The molecule has 3 heterocycles. The van der Waals surface area contributed by atoms with E-state index in [4.69, 9.17) is 4.98 Å². The van der Waals surface area contributed by atoms with Crippen LogP contribution in [0.25, 0.3) is 53.5 Å². The van der Waals surface area contributed by atoms with Crippen molar-refractivity contribution < 1.29 is 30.0 Å². The molecule has 0 atom stereocenters. The van der Waals surface area contributed by atoms with Crippen LogP contribution in [0.2, 0.25) is 0 Å². The number of aliphatic hydroxyl groups is 1. The van der Waals surface area contributed by atoms with Gasteiger partial charge in [0.05, 0.1) is 10.2 Å². The largest absolute Gasteiger partial charge is 0.512 e. The summed E-state index contributed by atoms with van der Waals surface area (Å²) in [6.07, 6.45) is 5.90. The van der Waals surface area contributed by atoms with E-state index in [0.717, 1.165) is 54.3 Å². The molecule has 0 aliphatic rings. The van der Waals surface area contributed by atoms with Crippen LogP contribution in [0.3, 0.4) is 0 Å². The third-order valence-corrected chi connectivity index (χ3v) is 14.5. The first kappa shape index (κ1) is 45.6. The Morgan fingerprint density at radius 2 is 1.52 bits per heavy atom. The molecule has 301 valence electrons. The molecule has 1 radical (unpaired) electrons. The summed E-state index contributed by atoms with van der Waals surface area (Å²) in [7, 11) is 0. The van der Waals surface area contributed by atoms with Crippen LogP contribution >= 0.6 is 22.7 Å². The third-order valence-electron chi connectivity index (χ3n) is 12.1. The van der Waals surface area contributed by atoms with Gasteiger partial charge in [-0.25, -0.2) is 0 Å². The molecule has 6 rings (SSSR count). The van der Waals surface area contributed by atoms with Gasteiger partial charge in [0.2, 0.25) is 0 Å². The van der Waals surface area contributed by atoms with Crippen LogP contribution in [0.1, 0.15) is 123 Å². The summed E-state index contributed by atoms with van der Waals surface area (Å²) in [6.45, 7) is 28.0. The predicted molar refractivity (Wildman–Crippen MR) is 242 cm³/mol. The van der Waals surface area contributed by atoms with E-state index >= 15 is 0 Å². The van der Waals surface area contributed by atoms with Gasteiger partial charge in [0.1, 0.15) is 5.76 Å². The Kier molecular flexibility index (Phi) is 14.8. The molecule has 0 amide bonds. The van der Waals surface area contributed by atoms with Crippen molar-refractivity contribution in [1.29, 1.82) is 0 Å². The summed E-state index contributed by atoms with van der Waals surface area (Å²) in [6, 6.07) is 24.0. The van der Waals surface area contributed by atoms with Gasteiger partial charge in [0, 0.05) is 52.3 Å². The molecule has 3 nitrogen and oxygen atoms in total. The van der Waals surface area contributed by atoms with Crippen molar-refractivity contribution >= 4 is 59.5 Å². The van der Waals surface area contributed by atoms with Gasteiger partial charge in [0.25, 0.3) is 0 Å². The van der Waals surface area contributed by atoms with Gasteiger partial charge in [-0.15, -0.1) is 51.8 Å². The minimum atomic E-state index is -0.337. The fourth-order valence-electron chi connectivity index (χ4n) is 7.15. The summed E-state index contributed by atoms with van der Waals surface area (Å²) in [5.74, 6) is 0.947. The van der Waals surface area contributed by atoms with Crippen molar-refractivity contribution in [3.05, 3.63) is 99.4 Å². The third kappa shape index (κ3) is 9.41. The van der Waals surface area contributed by atoms with Crippen LogP contribution in [0.5, 0.6) is 0 Å². The number of thiophene rings is 2. The first-order valence-electron chi connectivity index (χ1n) is 20.2. The molecule has 0 saturated heterocycles. The Balaban J connectivity index is 0.000000330. The number of aryl methyl sites for hydroxylation is 2. The first-order valence-corrected chi connectivity index (χ1v) is 21.9. The molecule has 3 aromatic heterocycles. The Bertz CT molecular complexity index is 2340. The Labute approximate surface area is 358 Å². The molecule has 6 heteroatoms. The van der Waals surface area contributed by atoms with E-state index in [2.05, 4.69) is 115 Å². The first-order chi connectivity index (χ1) is 25.9. The van der Waals surface area contributed by atoms with Crippen LogP contribution in [0, 0.1) is 36.7 Å². The second kappa shape index (κ2) is 18.2. The van der Waals surface area contributed by atoms with E-state index in [1.165, 1.54) is 58.9 Å². The van der Waals surface area contributed by atoms with Gasteiger partial charge < -0.3 is 5.11 Å². The zero-order valence-corrected chi connectivity index (χ0v) is 39.9. The standard InChI is InChI=1S/C35H34NS2.C15H28O2.Ir/c1-20(2)14-32-22(4)27-16-24(12-13-31(27)38-32)28-18-30(36-33-21(3)19-37-34(28)33)25-15-23-10-8-9-11-26(23)29(17-25)35(5,6)7;1-7-14(5,8-2)12(16)11-13(17)15(6,9-3)10-4;/h8-13,16-20H,14H2,1-7H3;11,16H,7-10H2,1-6H3;/q-1;;/b;12-11-;. The number of aromatic nitrogens is 1. The number of hydrogen-bond acceptors (Lipinski definition) is 5. The normalized spacial score (nSPS) is 12.6. The second-order valence-corrected chi connectivity index (χ2v) is 19.4. The van der Waals surface area contributed by atoms with Gasteiger partial charge in [-0.1, -0.05) is 117 Å². The van der Waals surface area contributed by atoms with E-state index in [1.807, 2.05) is 52.9 Å². The summed E-state index contributed by atoms with van der Waals surface area (Å²) in [5, 5.41) is 16.2. The topological polar surface area (TPSA) is 50.2 Å². The molecule has 0 aliphatic carbocycles. The Morgan fingerprint density at radius 1 is 0.875 bits per heavy atom. The number of hydrogen-bond donors (Lipinski definition) is 1. The van der Waals surface area contributed by atoms with Crippen molar-refractivity contribution in [2.24, 2.45) is 16.7 Å². The monoisotopic (exact) mass is 965 g/mol. The number of allylic oxidation sites excluding steroid dienone is 2. The molecule has 56 heavy (non-hydrogen) atoms. The molecule has 0 fully saturated rings. The van der Waals surface area contributed by atoms with E-state index in [1.54, 1.807) is 11.3 Å². The smallest absolute Gasteiger partial charge is 0.164 e. The molecule has 0 spiro atoms. The quantitative estimate of drug-likeness (QED) is 0.0800. The fraction of sp³-hybridized carbons (Fsp3) is 0.440. The van der Waals surface area contributed by atoms with E-state index in [-0.39, 0.29) is 47.9 Å². The molecular weight excluding hydrogens is 903 g/mol. The molecule has 3 aromatic carbocycles. The maximum Gasteiger partial charge on any atom is 0.164 e. The van der Waals surface area contributed by atoms with Crippen LogP contribution in [0.4, 0.5) is 0 Å². The average Bonchev–Trinajstić information content (AvgIpc) is 3.70. The van der Waals surface area contributed by atoms with Gasteiger partial charge in [-0.3, -0.25) is 9.78 Å². The molecule has 0 saturated carbocycles. The molecule has 6 aromatic rings. The van der Waals surface area contributed by atoms with E-state index in [9.17, 15) is 9.90 Å². The maximum atomic E-state index is 12.2. The van der Waals surface area contributed by atoms with Crippen molar-refractivity contribution in [3.8, 4) is 22.4 Å². The number of benzene rings is 3. The number of nitrogens with zero attached hydrogens (tertiary/aromatic N) is 1. The summed E-state index contributed by atoms with van der Waals surface area (Å²) in [4.78, 5) is 18.9. The maximum absolute atomic E-state index is 12.2. The van der Waals surface area contributed by atoms with Crippen LogP contribution in [-0.2, 0) is 36.7 Å². The number of fused-ring (bicyclic) bond motifs is 3. The molecule has 0 bridgehead atoms. The Hall–Kier alpha value is -3.15. The van der Waals surface area contributed by atoms with E-state index < -0.39 is 0 Å². The van der Waals surface area contributed by atoms with Gasteiger partial charge >= 0.3 is 0 Å². The SMILES string of the molecule is CCC(C)(CC)C(=O)/C=C(\O)C(C)(CC)CC.Cc1c(CC(C)C)sc2ccc(-c3cc(-c4[c-]c5ccccc5c(C(C)(C)C)c4)nc4c(C)csc34)cc12.[Ir]. The van der Waals surface area contributed by atoms with Gasteiger partial charge in [0.15, 0.2) is 5.78 Å². The number of carbonyl (C=O) groups is 1. The minimum absolute atomic E-state index is 0. The zero-order valence-electron chi connectivity index (χ0n) is 35.9. The molecule has 0 unspecified atom stereocenters. The predicted octanol–water partition coefficient (Wildman–Crippen LogP) is 15.6. The number of carbonyl (C=O) groups excluding carboxylic acids is 1. The van der Waals surface area contributed by atoms with Gasteiger partial charge in [-0.05, 0) is 102 Å². The van der Waals surface area contributed by atoms with Gasteiger partial charge in [-0.2, -0.15) is 0 Å². The summed E-state index contributed by atoms with van der Waals surface area (Å²) >= 11 is 3.76. The summed E-state index contributed by atoms with van der Waals surface area (Å²) in [5.41, 5.74) is 9.11. The van der Waals surface area contributed by atoms with Crippen LogP contribution in [0.15, 0.2) is 71.8 Å². The van der Waals surface area contributed by atoms with Crippen molar-refractivity contribution in [3.63, 3.8) is 0 Å². The van der Waals surface area contributed by atoms with Crippen LogP contribution < -0.4 is 0 Å². The number of rotatable bonds is 11. The average molecular weight is 965 g/mol. The number of aliphatic hydroxyl groups excluding tert-OH is 1. The molecular formula is C50H62IrNO2S2-. The van der Waals surface area contributed by atoms with Crippen molar-refractivity contribution in [2.45, 2.75) is 128 Å². The zero-order chi connectivity index (χ0) is 40.5. The minimum Gasteiger partial charge on any atom is -0.512 e. The van der Waals surface area contributed by atoms with E-state index in [0.29, 0.717) is 5.92 Å². The van der Waals surface area contributed by atoms with Crippen molar-refractivity contribution in [1.82, 2.24) is 4.98 Å². The number of pyridine rings is 1. The Morgan fingerprint density at radius 3 is 2.12 bits per heavy atom. The van der Waals surface area contributed by atoms with Crippen LogP contribution in [-0.4, -0.2) is 15.9 Å². The summed E-state index contributed by atoms with van der Waals surface area (Å²) < 4.78 is 2.64. The molecule has 0 aliphatic heterocycles.